The average molecular weight is 514 g/mol. The molecule has 2 heterocycles. The third kappa shape index (κ3) is 8.69. The fourth-order valence-corrected chi connectivity index (χ4v) is 4.40. The van der Waals surface area contributed by atoms with Crippen molar-refractivity contribution in [3.05, 3.63) is 108 Å². The Hall–Kier alpha value is -3.73. The molecule has 1 fully saturated rings. The number of nitrogens with zero attached hydrogens (tertiary/aromatic N) is 3. The number of carbonyl (C=O) groups excluding carboxylic acids is 1. The Bertz CT molecular complexity index is 1180. The Morgan fingerprint density at radius 2 is 2.00 bits per heavy atom. The summed E-state index contributed by atoms with van der Waals surface area (Å²) in [7, 11) is 3.28. The number of ketones is 1. The molecule has 0 saturated carbocycles. The second-order valence-corrected chi connectivity index (χ2v) is 9.65. The summed E-state index contributed by atoms with van der Waals surface area (Å²) >= 11 is 0. The lowest BCUT2D eigenvalue weighted by molar-refractivity contribution is -0.111. The lowest BCUT2D eigenvalue weighted by Crippen LogP contribution is -2.23. The highest BCUT2D eigenvalue weighted by molar-refractivity contribution is 6.19. The van der Waals surface area contributed by atoms with Crippen molar-refractivity contribution in [1.82, 2.24) is 4.90 Å². The van der Waals surface area contributed by atoms with Gasteiger partial charge in [0.15, 0.2) is 5.78 Å². The van der Waals surface area contributed by atoms with Gasteiger partial charge in [-0.05, 0) is 56.9 Å². The van der Waals surface area contributed by atoms with E-state index in [0.717, 1.165) is 54.9 Å². The van der Waals surface area contributed by atoms with Gasteiger partial charge in [-0.25, -0.2) is 0 Å². The predicted molar refractivity (Wildman–Crippen MR) is 162 cm³/mol. The van der Waals surface area contributed by atoms with E-state index in [-0.39, 0.29) is 11.7 Å². The van der Waals surface area contributed by atoms with Gasteiger partial charge < -0.3 is 9.64 Å². The number of likely N-dealkylation sites (tertiary alicyclic amines) is 1. The topological polar surface area (TPSA) is 54.3 Å². The number of hydrogen-bond acceptors (Lipinski definition) is 5. The zero-order valence-electron chi connectivity index (χ0n) is 23.8. The Labute approximate surface area is 229 Å². The second kappa shape index (κ2) is 14.9. The van der Waals surface area contributed by atoms with Gasteiger partial charge in [0, 0.05) is 55.5 Å². The highest BCUT2D eigenvalue weighted by Crippen LogP contribution is 2.25. The summed E-state index contributed by atoms with van der Waals surface area (Å²) in [5.41, 5.74) is 6.64. The van der Waals surface area contributed by atoms with Gasteiger partial charge in [-0.3, -0.25) is 14.8 Å². The van der Waals surface area contributed by atoms with Crippen LogP contribution in [-0.4, -0.2) is 49.4 Å². The van der Waals surface area contributed by atoms with Crippen LogP contribution in [0.2, 0.25) is 0 Å². The predicted octanol–water partition coefficient (Wildman–Crippen LogP) is 7.27. The van der Waals surface area contributed by atoms with Crippen LogP contribution in [0.25, 0.3) is 0 Å². The van der Waals surface area contributed by atoms with E-state index in [4.69, 9.17) is 9.73 Å². The van der Waals surface area contributed by atoms with Gasteiger partial charge >= 0.3 is 0 Å². The van der Waals surface area contributed by atoms with E-state index in [9.17, 15) is 4.79 Å². The number of ether oxygens (including phenoxy) is 1. The summed E-state index contributed by atoms with van der Waals surface area (Å²) in [4.78, 5) is 24.6. The summed E-state index contributed by atoms with van der Waals surface area (Å²) in [6.07, 6.45) is 17.0. The molecule has 0 bridgehead atoms. The molecule has 0 spiro atoms. The number of allylic oxidation sites excluding steroid dienone is 10. The zero-order chi connectivity index (χ0) is 28.2. The molecular formula is C33H43N3O2. The molecule has 0 radical (unpaired) electrons. The third-order valence-corrected chi connectivity index (χ3v) is 6.77. The minimum absolute atomic E-state index is 0.0143. The minimum atomic E-state index is -0.151. The maximum Gasteiger partial charge on any atom is 0.183 e. The molecule has 0 aromatic carbocycles. The van der Waals surface area contributed by atoms with E-state index < -0.39 is 0 Å². The van der Waals surface area contributed by atoms with Gasteiger partial charge in [-0.1, -0.05) is 62.6 Å². The number of hydrogen-bond donors (Lipinski definition) is 0. The minimum Gasteiger partial charge on any atom is -0.497 e. The highest BCUT2D eigenvalue weighted by Gasteiger charge is 2.19. The molecule has 2 aliphatic heterocycles. The van der Waals surface area contributed by atoms with Crippen molar-refractivity contribution >= 4 is 17.2 Å². The summed E-state index contributed by atoms with van der Waals surface area (Å²) < 4.78 is 5.48. The number of aliphatic imine (C=N–C) groups is 2. The Kier molecular flexibility index (Phi) is 11.9. The molecule has 1 saturated heterocycles. The van der Waals surface area contributed by atoms with E-state index in [1.807, 2.05) is 26.0 Å². The largest absolute Gasteiger partial charge is 0.497 e. The van der Waals surface area contributed by atoms with Crippen LogP contribution < -0.4 is 0 Å². The first-order chi connectivity index (χ1) is 18.1. The molecule has 2 aliphatic rings. The third-order valence-electron chi connectivity index (χ3n) is 6.77. The van der Waals surface area contributed by atoms with Gasteiger partial charge in [-0.2, -0.15) is 0 Å². The first-order valence-electron chi connectivity index (χ1n) is 13.1. The molecule has 5 heteroatoms. The van der Waals surface area contributed by atoms with Crippen LogP contribution in [-0.2, 0) is 9.53 Å². The van der Waals surface area contributed by atoms with Crippen molar-refractivity contribution in [2.75, 3.05) is 27.2 Å². The second-order valence-electron chi connectivity index (χ2n) is 9.65. The van der Waals surface area contributed by atoms with Crippen molar-refractivity contribution in [3.8, 4) is 0 Å². The summed E-state index contributed by atoms with van der Waals surface area (Å²) in [5.74, 6) is 0.361. The molecule has 0 aromatic heterocycles. The quantitative estimate of drug-likeness (QED) is 0.101. The summed E-state index contributed by atoms with van der Waals surface area (Å²) in [5, 5.41) is 0. The Morgan fingerprint density at radius 3 is 2.63 bits per heavy atom. The highest BCUT2D eigenvalue weighted by atomic mass is 16.5. The Morgan fingerprint density at radius 1 is 1.26 bits per heavy atom. The maximum atomic E-state index is 12.9. The van der Waals surface area contributed by atoms with Crippen molar-refractivity contribution in [1.29, 1.82) is 0 Å². The SMILES string of the molecule is C=C/C(C)=C\C(C)/C(=C\C(=N/C)C1=CC(=O)C(=C)CC(/C=C\C(=C/C)N2CCCC(=C)CC2)=N1)C(=C)OC. The van der Waals surface area contributed by atoms with Crippen LogP contribution in [0.5, 0.6) is 0 Å². The normalized spacial score (nSPS) is 19.6. The molecule has 202 valence electrons. The van der Waals surface area contributed by atoms with E-state index in [1.165, 1.54) is 11.6 Å². The number of carbonyl (C=O) groups is 1. The monoisotopic (exact) mass is 513 g/mol. The summed E-state index contributed by atoms with van der Waals surface area (Å²) in [6, 6.07) is 0. The van der Waals surface area contributed by atoms with Gasteiger partial charge in [0.2, 0.25) is 0 Å². The van der Waals surface area contributed by atoms with Gasteiger partial charge in [0.1, 0.15) is 5.76 Å². The molecule has 38 heavy (non-hydrogen) atoms. The van der Waals surface area contributed by atoms with Crippen molar-refractivity contribution < 1.29 is 9.53 Å². The number of methoxy groups -OCH3 is 1. The lowest BCUT2D eigenvalue weighted by atomic mass is 9.95. The molecule has 0 N–H and O–H groups in total. The van der Waals surface area contributed by atoms with Crippen molar-refractivity contribution in [2.24, 2.45) is 15.9 Å². The van der Waals surface area contributed by atoms with Crippen LogP contribution in [0.1, 0.15) is 46.5 Å². The summed E-state index contributed by atoms with van der Waals surface area (Å²) in [6.45, 7) is 24.1. The fraction of sp³-hybridized carbons (Fsp3) is 0.364. The molecule has 1 atom stereocenters. The van der Waals surface area contributed by atoms with E-state index >= 15 is 0 Å². The fourth-order valence-electron chi connectivity index (χ4n) is 4.40. The standard InChI is InChI=1S/C33H43N3O2/c1-10-23(3)19-25(5)30(27(7)38-9)21-31(34-8)32-22-33(37)26(6)20-28(35-32)14-15-29(11-2)36-17-12-13-24(4)16-18-36/h10-11,14-15,19,21-22,25H,1,4,6-7,12-13,16-18,20H2,2-3,5,8-9H3/b15-14-,23-19-,29-11+,30-21+,34-31+. The zero-order valence-corrected chi connectivity index (χ0v) is 23.8. The van der Waals surface area contributed by atoms with Gasteiger partial charge in [0.05, 0.1) is 18.5 Å². The van der Waals surface area contributed by atoms with Crippen LogP contribution in [0.4, 0.5) is 0 Å². The van der Waals surface area contributed by atoms with Crippen molar-refractivity contribution in [3.63, 3.8) is 0 Å². The van der Waals surface area contributed by atoms with Crippen LogP contribution >= 0.6 is 0 Å². The number of rotatable bonds is 10. The van der Waals surface area contributed by atoms with E-state index in [2.05, 4.69) is 61.4 Å². The average Bonchev–Trinajstić information content (AvgIpc) is 3.20. The molecule has 0 aliphatic carbocycles. The van der Waals surface area contributed by atoms with Crippen LogP contribution in [0, 0.1) is 5.92 Å². The van der Waals surface area contributed by atoms with Gasteiger partial charge in [0.25, 0.3) is 0 Å². The Balaban J connectivity index is 2.46. The van der Waals surface area contributed by atoms with Gasteiger partial charge in [-0.15, -0.1) is 0 Å². The maximum absolute atomic E-state index is 12.9. The van der Waals surface area contributed by atoms with E-state index in [0.29, 0.717) is 29.2 Å². The molecule has 0 aromatic rings. The smallest absolute Gasteiger partial charge is 0.183 e. The van der Waals surface area contributed by atoms with E-state index in [1.54, 1.807) is 20.2 Å². The van der Waals surface area contributed by atoms with Crippen molar-refractivity contribution in [2.45, 2.75) is 46.5 Å². The first-order valence-corrected chi connectivity index (χ1v) is 13.1. The van der Waals surface area contributed by atoms with Crippen LogP contribution in [0.3, 0.4) is 0 Å². The molecule has 1 unspecified atom stereocenters. The lowest BCUT2D eigenvalue weighted by Gasteiger charge is -2.23. The first kappa shape index (κ1) is 30.5. The molecule has 0 amide bonds. The molecule has 5 nitrogen and oxygen atoms in total. The molecule has 2 rings (SSSR count). The van der Waals surface area contributed by atoms with Crippen LogP contribution in [0.15, 0.2) is 118 Å². The molecular weight excluding hydrogens is 470 g/mol.